The molecule has 2 unspecified atom stereocenters. The van der Waals surface area contributed by atoms with E-state index in [0.717, 1.165) is 17.9 Å². The van der Waals surface area contributed by atoms with Gasteiger partial charge in [-0.2, -0.15) is 0 Å². The number of hydrogen-bond acceptors (Lipinski definition) is 1. The SMILES string of the molecule is C=CC(=O)c1ccccc1C(C)CCCC(CCCC)CCc1cc(C)cc(C)c1. The number of hydrogen-bond donors (Lipinski definition) is 0. The van der Waals surface area contributed by atoms with Gasteiger partial charge in [0.1, 0.15) is 0 Å². The molecular formula is C29H40O. The van der Waals surface area contributed by atoms with Crippen LogP contribution in [0.15, 0.2) is 55.1 Å². The molecule has 0 aliphatic rings. The third-order valence-electron chi connectivity index (χ3n) is 6.28. The molecule has 0 aliphatic heterocycles. The first kappa shape index (κ1) is 24.1. The number of rotatable bonds is 13. The molecule has 0 aromatic heterocycles. The monoisotopic (exact) mass is 404 g/mol. The number of aryl methyl sites for hydroxylation is 3. The maximum absolute atomic E-state index is 12.2. The standard InChI is InChI=1S/C29H40O/c1-6-8-13-25(17-18-26-20-22(3)19-23(4)21-26)14-11-12-24(5)27-15-9-10-16-28(27)29(30)7-2/h7,9-10,15-16,19-21,24-25H,2,6,8,11-14,17-18H2,1,3-5H3. The summed E-state index contributed by atoms with van der Waals surface area (Å²) in [4.78, 5) is 12.2. The zero-order chi connectivity index (χ0) is 21.9. The van der Waals surface area contributed by atoms with Gasteiger partial charge in [0, 0.05) is 5.56 Å². The van der Waals surface area contributed by atoms with Crippen LogP contribution < -0.4 is 0 Å². The lowest BCUT2D eigenvalue weighted by Gasteiger charge is -2.19. The molecule has 2 rings (SSSR count). The predicted molar refractivity (Wildman–Crippen MR) is 130 cm³/mol. The number of allylic oxidation sites excluding steroid dienone is 1. The molecular weight excluding hydrogens is 364 g/mol. The largest absolute Gasteiger partial charge is 0.289 e. The fraction of sp³-hybridized carbons (Fsp3) is 0.483. The minimum absolute atomic E-state index is 0.0340. The Kier molecular flexibility index (Phi) is 10.1. The van der Waals surface area contributed by atoms with Crippen LogP contribution in [0.2, 0.25) is 0 Å². The molecule has 0 N–H and O–H groups in total. The zero-order valence-electron chi connectivity index (χ0n) is 19.5. The summed E-state index contributed by atoms with van der Waals surface area (Å²) in [5.74, 6) is 1.23. The van der Waals surface area contributed by atoms with Gasteiger partial charge in [0.2, 0.25) is 0 Å². The molecule has 1 nitrogen and oxygen atoms in total. The summed E-state index contributed by atoms with van der Waals surface area (Å²) < 4.78 is 0. The Labute approximate surface area is 184 Å². The van der Waals surface area contributed by atoms with Crippen LogP contribution in [0, 0.1) is 19.8 Å². The van der Waals surface area contributed by atoms with Gasteiger partial charge in [-0.15, -0.1) is 0 Å². The van der Waals surface area contributed by atoms with Gasteiger partial charge >= 0.3 is 0 Å². The molecule has 2 aromatic rings. The molecule has 2 atom stereocenters. The molecule has 0 fully saturated rings. The summed E-state index contributed by atoms with van der Waals surface area (Å²) in [7, 11) is 0. The second-order valence-corrected chi connectivity index (χ2v) is 9.03. The van der Waals surface area contributed by atoms with Crippen LogP contribution in [0.5, 0.6) is 0 Å². The molecule has 0 aliphatic carbocycles. The second-order valence-electron chi connectivity index (χ2n) is 9.03. The summed E-state index contributed by atoms with van der Waals surface area (Å²) in [5.41, 5.74) is 6.22. The minimum atomic E-state index is 0.0340. The minimum Gasteiger partial charge on any atom is -0.289 e. The van der Waals surface area contributed by atoms with E-state index in [1.807, 2.05) is 18.2 Å². The van der Waals surface area contributed by atoms with Gasteiger partial charge in [0.15, 0.2) is 5.78 Å². The Morgan fingerprint density at radius 2 is 1.63 bits per heavy atom. The Morgan fingerprint density at radius 3 is 2.30 bits per heavy atom. The lowest BCUT2D eigenvalue weighted by molar-refractivity contribution is 0.104. The van der Waals surface area contributed by atoms with E-state index in [1.54, 1.807) is 0 Å². The number of benzene rings is 2. The summed E-state index contributed by atoms with van der Waals surface area (Å²) in [5, 5.41) is 0. The van der Waals surface area contributed by atoms with Crippen molar-refractivity contribution in [3.05, 3.63) is 82.9 Å². The van der Waals surface area contributed by atoms with Crippen LogP contribution in [-0.4, -0.2) is 5.78 Å². The molecule has 2 aromatic carbocycles. The first-order chi connectivity index (χ1) is 14.4. The summed E-state index contributed by atoms with van der Waals surface area (Å²) in [6.45, 7) is 12.6. The third kappa shape index (κ3) is 7.59. The van der Waals surface area contributed by atoms with E-state index in [1.165, 1.54) is 73.3 Å². The quantitative estimate of drug-likeness (QED) is 0.242. The van der Waals surface area contributed by atoms with Crippen LogP contribution in [0.4, 0.5) is 0 Å². The van der Waals surface area contributed by atoms with Crippen molar-refractivity contribution in [1.29, 1.82) is 0 Å². The number of carbonyl (C=O) groups is 1. The van der Waals surface area contributed by atoms with Gasteiger partial charge in [0.25, 0.3) is 0 Å². The van der Waals surface area contributed by atoms with Crippen molar-refractivity contribution in [2.45, 2.75) is 85.0 Å². The second kappa shape index (κ2) is 12.5. The molecule has 0 saturated heterocycles. The number of ketones is 1. The molecule has 0 heterocycles. The van der Waals surface area contributed by atoms with Crippen molar-refractivity contribution in [2.24, 2.45) is 5.92 Å². The number of unbranched alkanes of at least 4 members (excludes halogenated alkanes) is 1. The average Bonchev–Trinajstić information content (AvgIpc) is 2.73. The molecule has 0 radical (unpaired) electrons. The van der Waals surface area contributed by atoms with E-state index >= 15 is 0 Å². The maximum Gasteiger partial charge on any atom is 0.185 e. The fourth-order valence-corrected chi connectivity index (χ4v) is 4.64. The first-order valence-corrected chi connectivity index (χ1v) is 11.8. The van der Waals surface area contributed by atoms with Crippen molar-refractivity contribution in [3.8, 4) is 0 Å². The zero-order valence-corrected chi connectivity index (χ0v) is 19.5. The van der Waals surface area contributed by atoms with Crippen molar-refractivity contribution in [3.63, 3.8) is 0 Å². The van der Waals surface area contributed by atoms with Crippen LogP contribution in [0.1, 0.15) is 97.3 Å². The Morgan fingerprint density at radius 1 is 0.967 bits per heavy atom. The smallest absolute Gasteiger partial charge is 0.185 e. The van der Waals surface area contributed by atoms with Crippen molar-refractivity contribution < 1.29 is 4.79 Å². The van der Waals surface area contributed by atoms with Gasteiger partial charge < -0.3 is 0 Å². The predicted octanol–water partition coefficient (Wildman–Crippen LogP) is 8.39. The van der Waals surface area contributed by atoms with Crippen molar-refractivity contribution in [2.75, 3.05) is 0 Å². The van der Waals surface area contributed by atoms with Gasteiger partial charge in [0.05, 0.1) is 0 Å². The average molecular weight is 405 g/mol. The summed E-state index contributed by atoms with van der Waals surface area (Å²) >= 11 is 0. The van der Waals surface area contributed by atoms with Crippen LogP contribution in [0.25, 0.3) is 0 Å². The Hall–Kier alpha value is -2.15. The molecule has 30 heavy (non-hydrogen) atoms. The fourth-order valence-electron chi connectivity index (χ4n) is 4.64. The number of carbonyl (C=O) groups excluding carboxylic acids is 1. The molecule has 1 heteroatoms. The summed E-state index contributed by atoms with van der Waals surface area (Å²) in [6.07, 6.45) is 11.5. The lowest BCUT2D eigenvalue weighted by atomic mass is 9.86. The van der Waals surface area contributed by atoms with Crippen molar-refractivity contribution >= 4 is 5.78 Å². The molecule has 0 saturated carbocycles. The van der Waals surface area contributed by atoms with Crippen LogP contribution in [0.3, 0.4) is 0 Å². The van der Waals surface area contributed by atoms with E-state index in [-0.39, 0.29) is 5.78 Å². The van der Waals surface area contributed by atoms with Crippen LogP contribution in [-0.2, 0) is 6.42 Å². The van der Waals surface area contributed by atoms with Crippen molar-refractivity contribution in [1.82, 2.24) is 0 Å². The first-order valence-electron chi connectivity index (χ1n) is 11.8. The van der Waals surface area contributed by atoms with Gasteiger partial charge in [-0.25, -0.2) is 0 Å². The summed E-state index contributed by atoms with van der Waals surface area (Å²) in [6, 6.07) is 15.0. The Balaban J connectivity index is 1.92. The van der Waals surface area contributed by atoms with E-state index in [4.69, 9.17) is 0 Å². The van der Waals surface area contributed by atoms with Gasteiger partial charge in [-0.05, 0) is 62.1 Å². The van der Waals surface area contributed by atoms with Gasteiger partial charge in [-0.3, -0.25) is 4.79 Å². The highest BCUT2D eigenvalue weighted by Crippen LogP contribution is 2.29. The topological polar surface area (TPSA) is 17.1 Å². The molecule has 0 bridgehead atoms. The third-order valence-corrected chi connectivity index (χ3v) is 6.28. The molecule has 0 amide bonds. The van der Waals surface area contributed by atoms with Gasteiger partial charge in [-0.1, -0.05) is 106 Å². The van der Waals surface area contributed by atoms with E-state index in [0.29, 0.717) is 5.92 Å². The molecule has 0 spiro atoms. The highest BCUT2D eigenvalue weighted by molar-refractivity contribution is 6.05. The van der Waals surface area contributed by atoms with Crippen LogP contribution >= 0.6 is 0 Å². The highest BCUT2D eigenvalue weighted by Gasteiger charge is 2.15. The lowest BCUT2D eigenvalue weighted by Crippen LogP contribution is -2.06. The maximum atomic E-state index is 12.2. The van der Waals surface area contributed by atoms with E-state index < -0.39 is 0 Å². The highest BCUT2D eigenvalue weighted by atomic mass is 16.1. The Bertz CT molecular complexity index is 797. The van der Waals surface area contributed by atoms with E-state index in [9.17, 15) is 4.79 Å². The normalized spacial score (nSPS) is 13.1. The van der Waals surface area contributed by atoms with E-state index in [2.05, 4.69) is 58.5 Å². The molecule has 162 valence electrons.